The van der Waals surface area contributed by atoms with Gasteiger partial charge in [-0.1, -0.05) is 19.9 Å². The number of hydrogen-bond acceptors (Lipinski definition) is 5. The number of nitrogens with one attached hydrogen (secondary N) is 2. The number of H-pyrrole nitrogens is 1. The first kappa shape index (κ1) is 16.4. The SMILES string of the molecule is CC(C)SCc1cc(=O)[nH]c(Nc2cccc(N(C)C)c2)n1. The maximum Gasteiger partial charge on any atom is 0.252 e. The van der Waals surface area contributed by atoms with Crippen molar-refractivity contribution in [2.45, 2.75) is 24.9 Å². The van der Waals surface area contributed by atoms with Crippen molar-refractivity contribution >= 4 is 29.1 Å². The Morgan fingerprint density at radius 1 is 1.32 bits per heavy atom. The number of anilines is 3. The minimum absolute atomic E-state index is 0.138. The highest BCUT2D eigenvalue weighted by Gasteiger charge is 2.05. The summed E-state index contributed by atoms with van der Waals surface area (Å²) in [6.07, 6.45) is 0. The van der Waals surface area contributed by atoms with Crippen molar-refractivity contribution in [1.82, 2.24) is 9.97 Å². The second kappa shape index (κ2) is 7.35. The summed E-state index contributed by atoms with van der Waals surface area (Å²) in [6.45, 7) is 4.26. The predicted molar refractivity (Wildman–Crippen MR) is 95.3 cm³/mol. The number of rotatable bonds is 6. The summed E-state index contributed by atoms with van der Waals surface area (Å²) in [6, 6.07) is 9.50. The number of thioether (sulfide) groups is 1. The molecule has 0 fully saturated rings. The van der Waals surface area contributed by atoms with Crippen molar-refractivity contribution in [3.8, 4) is 0 Å². The van der Waals surface area contributed by atoms with Crippen molar-refractivity contribution < 1.29 is 0 Å². The van der Waals surface area contributed by atoms with E-state index in [1.54, 1.807) is 17.8 Å². The number of hydrogen-bond donors (Lipinski definition) is 2. The van der Waals surface area contributed by atoms with Gasteiger partial charge in [0.15, 0.2) is 0 Å². The number of aromatic nitrogens is 2. The van der Waals surface area contributed by atoms with Crippen LogP contribution >= 0.6 is 11.8 Å². The molecule has 2 N–H and O–H groups in total. The molecule has 0 aliphatic heterocycles. The largest absolute Gasteiger partial charge is 0.378 e. The summed E-state index contributed by atoms with van der Waals surface area (Å²) in [4.78, 5) is 21.0. The quantitative estimate of drug-likeness (QED) is 0.856. The zero-order chi connectivity index (χ0) is 16.1. The molecule has 118 valence electrons. The van der Waals surface area contributed by atoms with Crippen molar-refractivity contribution in [2.24, 2.45) is 0 Å². The molecule has 0 aliphatic rings. The molecule has 2 aromatic rings. The minimum Gasteiger partial charge on any atom is -0.378 e. The molecule has 0 saturated carbocycles. The Bertz CT molecular complexity index is 682. The van der Waals surface area contributed by atoms with E-state index >= 15 is 0 Å². The third-order valence-electron chi connectivity index (χ3n) is 2.98. The lowest BCUT2D eigenvalue weighted by Crippen LogP contribution is -2.12. The Hall–Kier alpha value is -1.95. The van der Waals surface area contributed by atoms with Crippen LogP contribution in [0, 0.1) is 0 Å². The highest BCUT2D eigenvalue weighted by atomic mass is 32.2. The molecule has 0 bridgehead atoms. The average Bonchev–Trinajstić information content (AvgIpc) is 2.45. The van der Waals surface area contributed by atoms with E-state index in [2.05, 4.69) is 29.1 Å². The van der Waals surface area contributed by atoms with Gasteiger partial charge in [0.2, 0.25) is 5.95 Å². The van der Waals surface area contributed by atoms with Gasteiger partial charge in [0.25, 0.3) is 5.56 Å². The minimum atomic E-state index is -0.138. The predicted octanol–water partition coefficient (Wildman–Crippen LogP) is 3.22. The Labute approximate surface area is 135 Å². The number of nitrogens with zero attached hydrogens (tertiary/aromatic N) is 2. The summed E-state index contributed by atoms with van der Waals surface area (Å²) in [5.41, 5.74) is 2.62. The van der Waals surface area contributed by atoms with Crippen LogP contribution in [0.25, 0.3) is 0 Å². The molecule has 6 heteroatoms. The van der Waals surface area contributed by atoms with E-state index in [-0.39, 0.29) is 5.56 Å². The van der Waals surface area contributed by atoms with Gasteiger partial charge in [-0.25, -0.2) is 4.98 Å². The first-order chi connectivity index (χ1) is 10.4. The molecule has 22 heavy (non-hydrogen) atoms. The zero-order valence-corrected chi connectivity index (χ0v) is 14.2. The van der Waals surface area contributed by atoms with Gasteiger partial charge in [-0.15, -0.1) is 0 Å². The van der Waals surface area contributed by atoms with Crippen LogP contribution in [0.5, 0.6) is 0 Å². The van der Waals surface area contributed by atoms with Crippen LogP contribution in [-0.2, 0) is 5.75 Å². The summed E-state index contributed by atoms with van der Waals surface area (Å²) in [5.74, 6) is 1.20. The highest BCUT2D eigenvalue weighted by Crippen LogP contribution is 2.20. The van der Waals surface area contributed by atoms with Crippen LogP contribution in [0.4, 0.5) is 17.3 Å². The third-order valence-corrected chi connectivity index (χ3v) is 4.11. The molecule has 5 nitrogen and oxygen atoms in total. The van der Waals surface area contributed by atoms with E-state index in [1.807, 2.05) is 43.3 Å². The van der Waals surface area contributed by atoms with Gasteiger partial charge < -0.3 is 10.2 Å². The smallest absolute Gasteiger partial charge is 0.252 e. The van der Waals surface area contributed by atoms with E-state index in [0.29, 0.717) is 11.2 Å². The molecule has 2 rings (SSSR count). The lowest BCUT2D eigenvalue weighted by molar-refractivity contribution is 1.05. The topological polar surface area (TPSA) is 61.0 Å². The Morgan fingerprint density at radius 2 is 2.09 bits per heavy atom. The monoisotopic (exact) mass is 318 g/mol. The highest BCUT2D eigenvalue weighted by molar-refractivity contribution is 7.99. The Morgan fingerprint density at radius 3 is 2.77 bits per heavy atom. The van der Waals surface area contributed by atoms with Gasteiger partial charge in [-0.05, 0) is 23.4 Å². The third kappa shape index (κ3) is 4.80. The summed E-state index contributed by atoms with van der Waals surface area (Å²) in [5, 5.41) is 3.67. The Balaban J connectivity index is 2.18. The van der Waals surface area contributed by atoms with Crippen molar-refractivity contribution in [3.05, 3.63) is 46.4 Å². The molecular formula is C16H22N4OS. The molecule has 1 heterocycles. The van der Waals surface area contributed by atoms with Crippen LogP contribution < -0.4 is 15.8 Å². The maximum atomic E-state index is 11.8. The fourth-order valence-corrected chi connectivity index (χ4v) is 2.54. The van der Waals surface area contributed by atoms with Crippen LogP contribution in [0.15, 0.2) is 35.1 Å². The molecular weight excluding hydrogens is 296 g/mol. The Kier molecular flexibility index (Phi) is 5.49. The summed E-state index contributed by atoms with van der Waals surface area (Å²) >= 11 is 1.76. The van der Waals surface area contributed by atoms with Crippen LogP contribution in [-0.4, -0.2) is 29.3 Å². The first-order valence-corrected chi connectivity index (χ1v) is 8.25. The second-order valence-electron chi connectivity index (χ2n) is 5.51. The van der Waals surface area contributed by atoms with Crippen LogP contribution in [0.3, 0.4) is 0 Å². The molecule has 0 saturated heterocycles. The zero-order valence-electron chi connectivity index (χ0n) is 13.4. The fraction of sp³-hybridized carbons (Fsp3) is 0.375. The van der Waals surface area contributed by atoms with E-state index in [4.69, 9.17) is 0 Å². The van der Waals surface area contributed by atoms with Gasteiger partial charge in [0, 0.05) is 37.3 Å². The molecule has 0 amide bonds. The van der Waals surface area contributed by atoms with Gasteiger partial charge in [0.05, 0.1) is 5.69 Å². The second-order valence-corrected chi connectivity index (χ2v) is 7.08. The van der Waals surface area contributed by atoms with Gasteiger partial charge in [-0.2, -0.15) is 11.8 Å². The maximum absolute atomic E-state index is 11.8. The first-order valence-electron chi connectivity index (χ1n) is 7.20. The molecule has 0 atom stereocenters. The van der Waals surface area contributed by atoms with Gasteiger partial charge in [0.1, 0.15) is 0 Å². The molecule has 0 aliphatic carbocycles. The number of benzene rings is 1. The van der Waals surface area contributed by atoms with Gasteiger partial charge >= 0.3 is 0 Å². The normalized spacial score (nSPS) is 10.8. The summed E-state index contributed by atoms with van der Waals surface area (Å²) < 4.78 is 0. The van der Waals surface area contributed by atoms with E-state index in [9.17, 15) is 4.79 Å². The molecule has 1 aromatic heterocycles. The van der Waals surface area contributed by atoms with Crippen molar-refractivity contribution in [1.29, 1.82) is 0 Å². The lowest BCUT2D eigenvalue weighted by atomic mass is 10.2. The fourth-order valence-electron chi connectivity index (χ4n) is 1.89. The van der Waals surface area contributed by atoms with E-state index in [0.717, 1.165) is 22.8 Å². The van der Waals surface area contributed by atoms with E-state index in [1.165, 1.54) is 0 Å². The van der Waals surface area contributed by atoms with Crippen molar-refractivity contribution in [2.75, 3.05) is 24.3 Å². The van der Waals surface area contributed by atoms with E-state index < -0.39 is 0 Å². The molecule has 0 spiro atoms. The number of aromatic amines is 1. The summed E-state index contributed by atoms with van der Waals surface area (Å²) in [7, 11) is 3.98. The van der Waals surface area contributed by atoms with Crippen LogP contribution in [0.2, 0.25) is 0 Å². The standard InChI is InChI=1S/C16H22N4OS/c1-11(2)22-10-13-9-15(21)19-16(18-13)17-12-6-5-7-14(8-12)20(3)4/h5-9,11H,10H2,1-4H3,(H2,17,18,19,21). The van der Waals surface area contributed by atoms with Crippen LogP contribution in [0.1, 0.15) is 19.5 Å². The lowest BCUT2D eigenvalue weighted by Gasteiger charge is -2.14. The average molecular weight is 318 g/mol. The van der Waals surface area contributed by atoms with Gasteiger partial charge in [-0.3, -0.25) is 9.78 Å². The molecule has 0 unspecified atom stereocenters. The van der Waals surface area contributed by atoms with Crippen molar-refractivity contribution in [3.63, 3.8) is 0 Å². The molecule has 0 radical (unpaired) electrons. The molecule has 1 aromatic carbocycles.